The molecule has 31 heavy (non-hydrogen) atoms. The lowest BCUT2D eigenvalue weighted by Gasteiger charge is -2.25. The molecule has 1 aromatic carbocycles. The van der Waals surface area contributed by atoms with Gasteiger partial charge in [-0.2, -0.15) is 13.2 Å². The van der Waals surface area contributed by atoms with Crippen molar-refractivity contribution in [3.8, 4) is 5.75 Å². The molecule has 1 fully saturated rings. The number of pyridine rings is 1. The highest BCUT2D eigenvalue weighted by atomic mass is 19.4. The van der Waals surface area contributed by atoms with Gasteiger partial charge < -0.3 is 9.64 Å². The quantitative estimate of drug-likeness (QED) is 0.594. The molecule has 3 rings (SSSR count). The zero-order valence-corrected chi connectivity index (χ0v) is 17.5. The van der Waals surface area contributed by atoms with Crippen LogP contribution in [-0.4, -0.2) is 47.4 Å². The summed E-state index contributed by atoms with van der Waals surface area (Å²) < 4.78 is 43.8. The minimum absolute atomic E-state index is 0.0407. The second kappa shape index (κ2) is 8.95. The lowest BCUT2D eigenvalue weighted by Crippen LogP contribution is -2.41. The van der Waals surface area contributed by atoms with Gasteiger partial charge in [0.05, 0.1) is 31.1 Å². The summed E-state index contributed by atoms with van der Waals surface area (Å²) in [5.74, 6) is 0.367. The van der Waals surface area contributed by atoms with Crippen molar-refractivity contribution >= 4 is 17.5 Å². The maximum atomic E-state index is 13.1. The first kappa shape index (κ1) is 22.6. The number of ketones is 1. The second-order valence-corrected chi connectivity index (χ2v) is 7.62. The molecule has 1 atom stereocenters. The third-order valence-corrected chi connectivity index (χ3v) is 5.15. The summed E-state index contributed by atoms with van der Waals surface area (Å²) in [6, 6.07) is 8.12. The van der Waals surface area contributed by atoms with Crippen LogP contribution < -0.4 is 9.64 Å². The van der Waals surface area contributed by atoms with E-state index in [1.54, 1.807) is 24.3 Å². The molecule has 0 unspecified atom stereocenters. The number of carbonyl (C=O) groups is 2. The average molecular weight is 435 g/mol. The predicted molar refractivity (Wildman–Crippen MR) is 109 cm³/mol. The van der Waals surface area contributed by atoms with Crippen LogP contribution in [0.25, 0.3) is 0 Å². The fourth-order valence-corrected chi connectivity index (χ4v) is 3.52. The number of benzene rings is 1. The van der Waals surface area contributed by atoms with Gasteiger partial charge in [-0.15, -0.1) is 0 Å². The van der Waals surface area contributed by atoms with E-state index in [0.29, 0.717) is 17.9 Å². The third kappa shape index (κ3) is 4.98. The molecule has 166 valence electrons. The number of hydrogen-bond donors (Lipinski definition) is 0. The topological polar surface area (TPSA) is 62.7 Å². The van der Waals surface area contributed by atoms with Gasteiger partial charge in [0.1, 0.15) is 11.4 Å². The van der Waals surface area contributed by atoms with Crippen LogP contribution >= 0.6 is 0 Å². The fraction of sp³-hybridized carbons (Fsp3) is 0.409. The summed E-state index contributed by atoms with van der Waals surface area (Å²) in [6.45, 7) is 6.29. The zero-order chi connectivity index (χ0) is 22.8. The predicted octanol–water partition coefficient (Wildman–Crippen LogP) is 4.65. The molecule has 2 aromatic rings. The Balaban J connectivity index is 1.81. The normalized spacial score (nSPS) is 16.9. The molecule has 9 heteroatoms. The van der Waals surface area contributed by atoms with Crippen LogP contribution in [-0.2, 0) is 6.18 Å². The van der Waals surface area contributed by atoms with Gasteiger partial charge in [-0.1, -0.05) is 26.0 Å². The van der Waals surface area contributed by atoms with E-state index in [-0.39, 0.29) is 36.5 Å². The van der Waals surface area contributed by atoms with E-state index in [1.807, 2.05) is 20.8 Å². The monoisotopic (exact) mass is 435 g/mol. The van der Waals surface area contributed by atoms with Crippen LogP contribution in [0.2, 0.25) is 0 Å². The molecule has 1 aliphatic rings. The molecule has 1 aliphatic heterocycles. The van der Waals surface area contributed by atoms with Gasteiger partial charge in [0.15, 0.2) is 5.78 Å². The van der Waals surface area contributed by atoms with E-state index in [1.165, 1.54) is 15.9 Å². The van der Waals surface area contributed by atoms with Gasteiger partial charge in [-0.25, -0.2) is 9.78 Å². The molecule has 0 N–H and O–H groups in total. The Labute approximate surface area is 178 Å². The smallest absolute Gasteiger partial charge is 0.433 e. The number of Topliss-reactive ketones (excluding diaryl/α,β-unsaturated/α-hetero) is 1. The van der Waals surface area contributed by atoms with Gasteiger partial charge in [0.25, 0.3) is 0 Å². The van der Waals surface area contributed by atoms with Crippen molar-refractivity contribution in [2.24, 2.45) is 5.92 Å². The largest absolute Gasteiger partial charge is 0.494 e. The molecule has 0 bridgehead atoms. The Kier molecular flexibility index (Phi) is 6.52. The lowest BCUT2D eigenvalue weighted by atomic mass is 10.0. The number of ether oxygens (including phenoxy) is 1. The number of rotatable bonds is 7. The standard InChI is InChI=1S/C22H24F3N3O3/c1-4-31-17-7-5-6-15(10-17)19(29)13-28-18(14(2)3)12-27(21(28)30)16-8-9-20(26-11-16)22(23,24)25/h5-11,14,18H,4,12-13H2,1-3H3/t18-/m1/s1. The Morgan fingerprint density at radius 3 is 2.58 bits per heavy atom. The Hall–Kier alpha value is -3.10. The van der Waals surface area contributed by atoms with E-state index < -0.39 is 17.9 Å². The summed E-state index contributed by atoms with van der Waals surface area (Å²) in [6.07, 6.45) is -3.52. The van der Waals surface area contributed by atoms with Gasteiger partial charge in [-0.3, -0.25) is 9.69 Å². The van der Waals surface area contributed by atoms with E-state index >= 15 is 0 Å². The number of urea groups is 1. The minimum Gasteiger partial charge on any atom is -0.494 e. The SMILES string of the molecule is CCOc1cccc(C(=O)CN2C(=O)N(c3ccc(C(F)(F)F)nc3)C[C@@H]2C(C)C)c1. The molecule has 0 spiro atoms. The van der Waals surface area contributed by atoms with Crippen molar-refractivity contribution in [2.45, 2.75) is 33.0 Å². The van der Waals surface area contributed by atoms with Gasteiger partial charge in [0.2, 0.25) is 0 Å². The van der Waals surface area contributed by atoms with Crippen LogP contribution in [0.5, 0.6) is 5.75 Å². The van der Waals surface area contributed by atoms with Crippen LogP contribution in [0.4, 0.5) is 23.7 Å². The lowest BCUT2D eigenvalue weighted by molar-refractivity contribution is -0.141. The summed E-state index contributed by atoms with van der Waals surface area (Å²) >= 11 is 0. The van der Waals surface area contributed by atoms with Crippen LogP contribution in [0.1, 0.15) is 36.8 Å². The minimum atomic E-state index is -4.55. The number of alkyl halides is 3. The van der Waals surface area contributed by atoms with Gasteiger partial charge in [0, 0.05) is 12.1 Å². The summed E-state index contributed by atoms with van der Waals surface area (Å²) in [4.78, 5) is 32.2. The number of amides is 2. The van der Waals surface area contributed by atoms with E-state index in [4.69, 9.17) is 4.74 Å². The number of anilines is 1. The molecule has 0 radical (unpaired) electrons. The molecule has 2 heterocycles. The van der Waals surface area contributed by atoms with Crippen molar-refractivity contribution in [3.05, 3.63) is 53.9 Å². The van der Waals surface area contributed by atoms with Crippen molar-refractivity contribution in [3.63, 3.8) is 0 Å². The summed E-state index contributed by atoms with van der Waals surface area (Å²) in [7, 11) is 0. The Morgan fingerprint density at radius 2 is 2.00 bits per heavy atom. The second-order valence-electron chi connectivity index (χ2n) is 7.62. The van der Waals surface area contributed by atoms with Gasteiger partial charge in [-0.05, 0) is 37.1 Å². The molecular weight excluding hydrogens is 411 g/mol. The van der Waals surface area contributed by atoms with Crippen molar-refractivity contribution in [2.75, 3.05) is 24.6 Å². The Morgan fingerprint density at radius 1 is 1.26 bits per heavy atom. The number of carbonyl (C=O) groups excluding carboxylic acids is 2. The van der Waals surface area contributed by atoms with Crippen molar-refractivity contribution in [1.29, 1.82) is 0 Å². The summed E-state index contributed by atoms with van der Waals surface area (Å²) in [5, 5.41) is 0. The van der Waals surface area contributed by atoms with E-state index in [0.717, 1.165) is 12.3 Å². The third-order valence-electron chi connectivity index (χ3n) is 5.15. The highest BCUT2D eigenvalue weighted by Gasteiger charge is 2.41. The first-order chi connectivity index (χ1) is 14.6. The van der Waals surface area contributed by atoms with E-state index in [2.05, 4.69) is 4.98 Å². The summed E-state index contributed by atoms with van der Waals surface area (Å²) in [5.41, 5.74) is -0.336. The van der Waals surface area contributed by atoms with Crippen molar-refractivity contribution < 1.29 is 27.5 Å². The van der Waals surface area contributed by atoms with Crippen molar-refractivity contribution in [1.82, 2.24) is 9.88 Å². The molecule has 1 aromatic heterocycles. The van der Waals surface area contributed by atoms with Crippen LogP contribution in [0.15, 0.2) is 42.6 Å². The Bertz CT molecular complexity index is 945. The van der Waals surface area contributed by atoms with Crippen LogP contribution in [0, 0.1) is 5.92 Å². The molecule has 1 saturated heterocycles. The molecule has 0 aliphatic carbocycles. The zero-order valence-electron chi connectivity index (χ0n) is 17.5. The van der Waals surface area contributed by atoms with Gasteiger partial charge >= 0.3 is 12.2 Å². The number of aromatic nitrogens is 1. The fourth-order valence-electron chi connectivity index (χ4n) is 3.52. The number of hydrogen-bond acceptors (Lipinski definition) is 4. The molecule has 6 nitrogen and oxygen atoms in total. The maximum Gasteiger partial charge on any atom is 0.433 e. The molecular formula is C22H24F3N3O3. The molecule has 0 saturated carbocycles. The van der Waals surface area contributed by atoms with Crippen LogP contribution in [0.3, 0.4) is 0 Å². The first-order valence-corrected chi connectivity index (χ1v) is 9.99. The van der Waals surface area contributed by atoms with E-state index in [9.17, 15) is 22.8 Å². The highest BCUT2D eigenvalue weighted by molar-refractivity contribution is 6.02. The average Bonchev–Trinajstić information content (AvgIpc) is 3.04. The number of nitrogens with zero attached hydrogens (tertiary/aromatic N) is 3. The highest BCUT2D eigenvalue weighted by Crippen LogP contribution is 2.31. The maximum absolute atomic E-state index is 13.1. The number of halogens is 3. The molecule has 2 amide bonds. The first-order valence-electron chi connectivity index (χ1n) is 9.99.